The lowest BCUT2D eigenvalue weighted by molar-refractivity contribution is -0.133. The number of aromatic nitrogens is 3. The van der Waals surface area contributed by atoms with Crippen LogP contribution in [-0.4, -0.2) is 51.3 Å². The number of nitrogens with one attached hydrogen (secondary N) is 1. The molecular weight excluding hydrogens is 366 g/mol. The van der Waals surface area contributed by atoms with Crippen molar-refractivity contribution >= 4 is 40.4 Å². The van der Waals surface area contributed by atoms with Crippen molar-refractivity contribution in [1.29, 1.82) is 0 Å². The molecule has 0 atom stereocenters. The van der Waals surface area contributed by atoms with Crippen molar-refractivity contribution in [3.8, 4) is 0 Å². The Labute approximate surface area is 160 Å². The van der Waals surface area contributed by atoms with Crippen LogP contribution in [0.4, 0.5) is 5.82 Å². The maximum Gasteiger partial charge on any atom is 0.245 e. The van der Waals surface area contributed by atoms with Crippen LogP contribution in [0.1, 0.15) is 11.6 Å². The number of thioether (sulfide) groups is 1. The number of hydrogen-bond donors (Lipinski definition) is 1. The molecule has 1 N–H and O–H groups in total. The Morgan fingerprint density at radius 3 is 2.81 bits per heavy atom. The third-order valence-corrected chi connectivity index (χ3v) is 4.55. The summed E-state index contributed by atoms with van der Waals surface area (Å²) in [6.07, 6.45) is 1.99. The topological polar surface area (TPSA) is 93.3 Å². The van der Waals surface area contributed by atoms with Gasteiger partial charge in [0.05, 0.1) is 23.3 Å². The molecule has 0 saturated carbocycles. The summed E-state index contributed by atoms with van der Waals surface area (Å²) in [6.45, 7) is 1.79. The number of likely N-dealkylation sites (N-methyl/N-ethyl adjacent to an activating group) is 1. The molecule has 142 valence electrons. The smallest absolute Gasteiger partial charge is 0.245 e. The molecule has 0 aliphatic carbocycles. The van der Waals surface area contributed by atoms with Gasteiger partial charge in [0.1, 0.15) is 18.1 Å². The Morgan fingerprint density at radius 1 is 1.33 bits per heavy atom. The highest BCUT2D eigenvalue weighted by atomic mass is 32.2. The third-order valence-electron chi connectivity index (χ3n) is 4.00. The number of carbonyl (C=O) groups is 2. The van der Waals surface area contributed by atoms with Gasteiger partial charge in [0.15, 0.2) is 5.82 Å². The maximum atomic E-state index is 12.7. The van der Waals surface area contributed by atoms with E-state index in [1.807, 2.05) is 35.1 Å². The Hall–Kier alpha value is -2.81. The van der Waals surface area contributed by atoms with Crippen molar-refractivity contribution in [2.24, 2.45) is 0 Å². The minimum absolute atomic E-state index is 0.0742. The van der Waals surface area contributed by atoms with Gasteiger partial charge >= 0.3 is 0 Å². The number of aryl methyl sites for hydroxylation is 1. The van der Waals surface area contributed by atoms with Gasteiger partial charge in [-0.15, -0.1) is 0 Å². The highest BCUT2D eigenvalue weighted by molar-refractivity contribution is 7.97. The Morgan fingerprint density at radius 2 is 2.11 bits per heavy atom. The van der Waals surface area contributed by atoms with E-state index in [4.69, 9.17) is 4.52 Å². The van der Waals surface area contributed by atoms with E-state index < -0.39 is 0 Å². The molecule has 0 bridgehead atoms. The van der Waals surface area contributed by atoms with Crippen molar-refractivity contribution < 1.29 is 14.1 Å². The minimum Gasteiger partial charge on any atom is -0.360 e. The number of anilines is 1. The van der Waals surface area contributed by atoms with Gasteiger partial charge in [-0.05, 0) is 25.3 Å². The third kappa shape index (κ3) is 4.48. The number of benzene rings is 1. The molecule has 27 heavy (non-hydrogen) atoms. The summed E-state index contributed by atoms with van der Waals surface area (Å²) in [4.78, 5) is 30.8. The second kappa shape index (κ2) is 8.26. The summed E-state index contributed by atoms with van der Waals surface area (Å²) in [5.74, 6) is 1.97. The zero-order valence-electron chi connectivity index (χ0n) is 15.4. The molecule has 0 aliphatic heterocycles. The lowest BCUT2D eigenvalue weighted by Gasteiger charge is -2.18. The molecule has 9 heteroatoms. The molecule has 0 aliphatic rings. The van der Waals surface area contributed by atoms with E-state index in [0.717, 1.165) is 16.9 Å². The van der Waals surface area contributed by atoms with Gasteiger partial charge in [-0.2, -0.15) is 11.8 Å². The number of nitrogens with zero attached hydrogens (tertiary/aromatic N) is 4. The number of rotatable bonds is 7. The minimum atomic E-state index is -0.334. The zero-order valence-corrected chi connectivity index (χ0v) is 16.2. The van der Waals surface area contributed by atoms with Crippen LogP contribution < -0.4 is 5.32 Å². The molecule has 0 radical (unpaired) electrons. The lowest BCUT2D eigenvalue weighted by atomic mass is 10.3. The summed E-state index contributed by atoms with van der Waals surface area (Å²) in [6, 6.07) is 9.33. The van der Waals surface area contributed by atoms with E-state index in [-0.39, 0.29) is 24.9 Å². The van der Waals surface area contributed by atoms with Crippen LogP contribution in [0.15, 0.2) is 34.9 Å². The van der Waals surface area contributed by atoms with Gasteiger partial charge in [0.25, 0.3) is 0 Å². The van der Waals surface area contributed by atoms with Crippen molar-refractivity contribution in [2.45, 2.75) is 19.2 Å². The molecule has 8 nitrogen and oxygen atoms in total. The first-order valence-corrected chi connectivity index (χ1v) is 9.77. The maximum absolute atomic E-state index is 12.7. The number of carbonyl (C=O) groups excluding carboxylic acids is 2. The molecule has 3 rings (SSSR count). The highest BCUT2D eigenvalue weighted by Gasteiger charge is 2.18. The van der Waals surface area contributed by atoms with E-state index in [0.29, 0.717) is 17.3 Å². The van der Waals surface area contributed by atoms with Gasteiger partial charge in [0, 0.05) is 13.1 Å². The average Bonchev–Trinajstić information content (AvgIpc) is 3.19. The molecule has 0 saturated heterocycles. The van der Waals surface area contributed by atoms with Crippen LogP contribution in [0.2, 0.25) is 0 Å². The number of amides is 2. The highest BCUT2D eigenvalue weighted by Crippen LogP contribution is 2.19. The monoisotopic (exact) mass is 387 g/mol. The number of para-hydroxylation sites is 2. The van der Waals surface area contributed by atoms with Crippen molar-refractivity contribution in [1.82, 2.24) is 19.6 Å². The fraction of sp³-hybridized carbons (Fsp3) is 0.333. The van der Waals surface area contributed by atoms with Crippen LogP contribution in [0.25, 0.3) is 11.0 Å². The second-order valence-corrected chi connectivity index (χ2v) is 7.02. The van der Waals surface area contributed by atoms with E-state index in [2.05, 4.69) is 15.5 Å². The van der Waals surface area contributed by atoms with Crippen LogP contribution in [-0.2, 0) is 21.9 Å². The standard InChI is InChI=1S/C18H21N5O3S/c1-12-8-15(21-26-12)20-17(24)9-22(2)18(25)10-23-14-7-5-4-6-13(14)19-16(23)11-27-3/h4-8H,9-11H2,1-3H3,(H,20,21,24). The number of fused-ring (bicyclic) bond motifs is 1. The summed E-state index contributed by atoms with van der Waals surface area (Å²) >= 11 is 1.65. The summed E-state index contributed by atoms with van der Waals surface area (Å²) in [5, 5.41) is 6.32. The van der Waals surface area contributed by atoms with Crippen LogP contribution >= 0.6 is 11.8 Å². The summed E-state index contributed by atoms with van der Waals surface area (Å²) in [5.41, 5.74) is 1.77. The first-order chi connectivity index (χ1) is 13.0. The molecular formula is C18H21N5O3S. The van der Waals surface area contributed by atoms with E-state index in [9.17, 15) is 9.59 Å². The van der Waals surface area contributed by atoms with Gasteiger partial charge in [-0.25, -0.2) is 4.98 Å². The van der Waals surface area contributed by atoms with E-state index in [1.165, 1.54) is 4.90 Å². The number of hydrogen-bond acceptors (Lipinski definition) is 6. The van der Waals surface area contributed by atoms with Crippen molar-refractivity contribution in [3.63, 3.8) is 0 Å². The fourth-order valence-corrected chi connectivity index (χ4v) is 3.19. The van der Waals surface area contributed by atoms with E-state index in [1.54, 1.807) is 31.8 Å². The van der Waals surface area contributed by atoms with Gasteiger partial charge in [-0.1, -0.05) is 17.3 Å². The van der Waals surface area contributed by atoms with E-state index >= 15 is 0 Å². The molecule has 3 aromatic rings. The van der Waals surface area contributed by atoms with Gasteiger partial charge < -0.3 is 19.3 Å². The predicted molar refractivity (Wildman–Crippen MR) is 104 cm³/mol. The van der Waals surface area contributed by atoms with Crippen molar-refractivity contribution in [2.75, 3.05) is 25.2 Å². The fourth-order valence-electron chi connectivity index (χ4n) is 2.71. The van der Waals surface area contributed by atoms with Crippen LogP contribution in [0.5, 0.6) is 0 Å². The quantitative estimate of drug-likeness (QED) is 0.669. The van der Waals surface area contributed by atoms with Crippen LogP contribution in [0.3, 0.4) is 0 Å². The molecule has 0 spiro atoms. The first-order valence-electron chi connectivity index (χ1n) is 8.38. The van der Waals surface area contributed by atoms with Crippen LogP contribution in [0, 0.1) is 6.92 Å². The predicted octanol–water partition coefficient (Wildman–Crippen LogP) is 2.29. The molecule has 2 amide bonds. The molecule has 2 heterocycles. The van der Waals surface area contributed by atoms with Crippen molar-refractivity contribution in [3.05, 3.63) is 41.9 Å². The SMILES string of the molecule is CSCc1nc2ccccc2n1CC(=O)N(C)CC(=O)Nc1cc(C)on1. The lowest BCUT2D eigenvalue weighted by Crippen LogP contribution is -2.37. The molecule has 2 aromatic heterocycles. The second-order valence-electron chi connectivity index (χ2n) is 6.16. The number of imidazole rings is 1. The Kier molecular flexibility index (Phi) is 5.80. The molecule has 0 unspecified atom stereocenters. The van der Waals surface area contributed by atoms with Gasteiger partial charge in [0.2, 0.25) is 11.8 Å². The summed E-state index contributed by atoms with van der Waals surface area (Å²) < 4.78 is 6.81. The Bertz CT molecular complexity index is 965. The Balaban J connectivity index is 1.68. The normalized spacial score (nSPS) is 10.9. The van der Waals surface area contributed by atoms with Gasteiger partial charge in [-0.3, -0.25) is 9.59 Å². The average molecular weight is 387 g/mol. The largest absolute Gasteiger partial charge is 0.360 e. The zero-order chi connectivity index (χ0) is 19.4. The first kappa shape index (κ1) is 19.0. The molecule has 1 aromatic carbocycles. The molecule has 0 fully saturated rings. The summed E-state index contributed by atoms with van der Waals surface area (Å²) in [7, 11) is 1.60.